The van der Waals surface area contributed by atoms with Gasteiger partial charge in [0, 0.05) is 5.56 Å². The van der Waals surface area contributed by atoms with E-state index in [0.29, 0.717) is 22.6 Å². The van der Waals surface area contributed by atoms with Crippen LogP contribution in [0.4, 0.5) is 17.2 Å². The summed E-state index contributed by atoms with van der Waals surface area (Å²) in [5, 5.41) is 15.0. The van der Waals surface area contributed by atoms with E-state index in [1.165, 1.54) is 0 Å². The summed E-state index contributed by atoms with van der Waals surface area (Å²) in [4.78, 5) is 16.5. The van der Waals surface area contributed by atoms with Crippen molar-refractivity contribution in [2.45, 2.75) is 6.92 Å². The van der Waals surface area contributed by atoms with Gasteiger partial charge in [0.2, 0.25) is 0 Å². The average Bonchev–Trinajstić information content (AvgIpc) is 2.64. The molecule has 0 aliphatic heterocycles. The molecule has 0 atom stereocenters. The first-order chi connectivity index (χ1) is 12.2. The Morgan fingerprint density at radius 2 is 1.80 bits per heavy atom. The smallest absolute Gasteiger partial charge is 0.257 e. The molecule has 1 heterocycles. The lowest BCUT2D eigenvalue weighted by molar-refractivity contribution is 0.102. The van der Waals surface area contributed by atoms with E-state index in [-0.39, 0.29) is 5.91 Å². The maximum absolute atomic E-state index is 12.3. The van der Waals surface area contributed by atoms with Crippen molar-refractivity contribution in [3.05, 3.63) is 83.6 Å². The van der Waals surface area contributed by atoms with Gasteiger partial charge in [-0.1, -0.05) is 30.3 Å². The highest BCUT2D eigenvalue weighted by Crippen LogP contribution is 2.20. The molecule has 2 aromatic carbocycles. The second-order valence-corrected chi connectivity index (χ2v) is 5.48. The molecule has 5 heteroatoms. The Bertz CT molecular complexity index is 942. The highest BCUT2D eigenvalue weighted by molar-refractivity contribution is 6.04. The molecule has 0 saturated carbocycles. The van der Waals surface area contributed by atoms with E-state index in [1.54, 1.807) is 30.5 Å². The molecule has 3 rings (SSSR count). The number of pyridine rings is 1. The van der Waals surface area contributed by atoms with Gasteiger partial charge in [-0.25, -0.2) is 4.98 Å². The zero-order chi connectivity index (χ0) is 17.6. The van der Waals surface area contributed by atoms with E-state index < -0.39 is 0 Å². The second kappa shape index (κ2) is 7.28. The SMILES string of the molecule is Cc1ccccc1C(=O)Nc1ccc(Nc2ccccc2C#N)cn1. The Morgan fingerprint density at radius 1 is 1.04 bits per heavy atom. The molecule has 5 nitrogen and oxygen atoms in total. The van der Waals surface area contributed by atoms with Crippen molar-refractivity contribution in [1.29, 1.82) is 5.26 Å². The Kier molecular flexibility index (Phi) is 4.72. The van der Waals surface area contributed by atoms with Crippen LogP contribution in [0.1, 0.15) is 21.5 Å². The molecule has 122 valence electrons. The van der Waals surface area contributed by atoms with E-state index in [1.807, 2.05) is 43.3 Å². The first kappa shape index (κ1) is 16.2. The number of hydrogen-bond donors (Lipinski definition) is 2. The fourth-order valence-electron chi connectivity index (χ4n) is 2.40. The number of amides is 1. The molecule has 0 spiro atoms. The lowest BCUT2D eigenvalue weighted by Gasteiger charge is -2.10. The van der Waals surface area contributed by atoms with Crippen molar-refractivity contribution in [2.24, 2.45) is 0 Å². The topological polar surface area (TPSA) is 77.8 Å². The number of para-hydroxylation sites is 1. The normalized spacial score (nSPS) is 9.92. The molecule has 2 N–H and O–H groups in total. The minimum Gasteiger partial charge on any atom is -0.353 e. The van der Waals surface area contributed by atoms with Crippen LogP contribution in [0.25, 0.3) is 0 Å². The molecule has 25 heavy (non-hydrogen) atoms. The average molecular weight is 328 g/mol. The number of aryl methyl sites for hydroxylation is 1. The molecular weight excluding hydrogens is 312 g/mol. The monoisotopic (exact) mass is 328 g/mol. The summed E-state index contributed by atoms with van der Waals surface area (Å²) >= 11 is 0. The van der Waals surface area contributed by atoms with Crippen LogP contribution in [0.5, 0.6) is 0 Å². The maximum atomic E-state index is 12.3. The number of nitriles is 1. The van der Waals surface area contributed by atoms with Gasteiger partial charge in [0.15, 0.2) is 0 Å². The molecule has 3 aromatic rings. The molecule has 0 aliphatic carbocycles. The second-order valence-electron chi connectivity index (χ2n) is 5.48. The minimum atomic E-state index is -0.193. The summed E-state index contributed by atoms with van der Waals surface area (Å²) in [6.07, 6.45) is 1.61. The van der Waals surface area contributed by atoms with Crippen molar-refractivity contribution in [3.63, 3.8) is 0 Å². The van der Waals surface area contributed by atoms with Gasteiger partial charge >= 0.3 is 0 Å². The minimum absolute atomic E-state index is 0.193. The number of aromatic nitrogens is 1. The fourth-order valence-corrected chi connectivity index (χ4v) is 2.40. The van der Waals surface area contributed by atoms with Crippen molar-refractivity contribution in [2.75, 3.05) is 10.6 Å². The number of nitrogens with one attached hydrogen (secondary N) is 2. The fraction of sp³-hybridized carbons (Fsp3) is 0.0500. The zero-order valence-electron chi connectivity index (χ0n) is 13.7. The summed E-state index contributed by atoms with van der Waals surface area (Å²) in [6.45, 7) is 1.89. The Morgan fingerprint density at radius 3 is 2.52 bits per heavy atom. The molecule has 0 unspecified atom stereocenters. The molecule has 0 radical (unpaired) electrons. The Hall–Kier alpha value is -3.65. The van der Waals surface area contributed by atoms with Gasteiger partial charge in [0.25, 0.3) is 5.91 Å². The molecule has 0 bridgehead atoms. The zero-order valence-corrected chi connectivity index (χ0v) is 13.7. The van der Waals surface area contributed by atoms with Crippen LogP contribution in [-0.2, 0) is 0 Å². The number of nitrogens with zero attached hydrogens (tertiary/aromatic N) is 2. The highest BCUT2D eigenvalue weighted by atomic mass is 16.1. The Labute approximate surface area is 146 Å². The Balaban J connectivity index is 1.72. The third kappa shape index (κ3) is 3.82. The summed E-state index contributed by atoms with van der Waals surface area (Å²) in [6, 6.07) is 20.3. The summed E-state index contributed by atoms with van der Waals surface area (Å²) in [5.74, 6) is 0.272. The molecular formula is C20H16N4O. The van der Waals surface area contributed by atoms with E-state index in [2.05, 4.69) is 21.7 Å². The van der Waals surface area contributed by atoms with Crippen LogP contribution in [0, 0.1) is 18.3 Å². The first-order valence-electron chi connectivity index (χ1n) is 7.76. The van der Waals surface area contributed by atoms with Gasteiger partial charge in [0.05, 0.1) is 23.1 Å². The van der Waals surface area contributed by atoms with Gasteiger partial charge in [-0.3, -0.25) is 4.79 Å². The summed E-state index contributed by atoms with van der Waals surface area (Å²) < 4.78 is 0. The predicted octanol–water partition coefficient (Wildman–Crippen LogP) is 4.26. The van der Waals surface area contributed by atoms with Crippen molar-refractivity contribution < 1.29 is 4.79 Å². The highest BCUT2D eigenvalue weighted by Gasteiger charge is 2.09. The summed E-state index contributed by atoms with van der Waals surface area (Å²) in [7, 11) is 0. The van der Waals surface area contributed by atoms with Gasteiger partial charge in [-0.2, -0.15) is 5.26 Å². The van der Waals surface area contributed by atoms with Crippen molar-refractivity contribution in [1.82, 2.24) is 4.98 Å². The van der Waals surface area contributed by atoms with Crippen LogP contribution in [0.3, 0.4) is 0 Å². The number of benzene rings is 2. The number of rotatable bonds is 4. The van der Waals surface area contributed by atoms with Crippen LogP contribution >= 0.6 is 0 Å². The van der Waals surface area contributed by atoms with Crippen LogP contribution in [-0.4, -0.2) is 10.9 Å². The lowest BCUT2D eigenvalue weighted by Crippen LogP contribution is -2.14. The van der Waals surface area contributed by atoms with Gasteiger partial charge in [0.1, 0.15) is 11.9 Å². The van der Waals surface area contributed by atoms with E-state index in [0.717, 1.165) is 11.3 Å². The number of carbonyl (C=O) groups excluding carboxylic acids is 1. The third-order valence-corrected chi connectivity index (χ3v) is 3.72. The molecule has 1 aromatic heterocycles. The van der Waals surface area contributed by atoms with Gasteiger partial charge in [-0.05, 0) is 42.8 Å². The maximum Gasteiger partial charge on any atom is 0.257 e. The van der Waals surface area contributed by atoms with Gasteiger partial charge in [-0.15, -0.1) is 0 Å². The standard InChI is InChI=1S/C20H16N4O/c1-14-6-2-4-8-17(14)20(25)24-19-11-10-16(13-22-19)23-18-9-5-3-7-15(18)12-21/h2-11,13,23H,1H3,(H,22,24,25). The van der Waals surface area contributed by atoms with Crippen molar-refractivity contribution in [3.8, 4) is 6.07 Å². The quantitative estimate of drug-likeness (QED) is 0.750. The van der Waals surface area contributed by atoms with Crippen LogP contribution in [0.2, 0.25) is 0 Å². The first-order valence-corrected chi connectivity index (χ1v) is 7.76. The number of carbonyl (C=O) groups is 1. The summed E-state index contributed by atoms with van der Waals surface area (Å²) in [5.41, 5.74) is 3.53. The molecule has 0 fully saturated rings. The predicted molar refractivity (Wildman–Crippen MR) is 97.8 cm³/mol. The van der Waals surface area contributed by atoms with Gasteiger partial charge < -0.3 is 10.6 Å². The molecule has 0 saturated heterocycles. The molecule has 1 amide bonds. The van der Waals surface area contributed by atoms with E-state index >= 15 is 0 Å². The molecule has 0 aliphatic rings. The lowest BCUT2D eigenvalue weighted by atomic mass is 10.1. The van der Waals surface area contributed by atoms with Crippen LogP contribution in [0.15, 0.2) is 66.9 Å². The van der Waals surface area contributed by atoms with E-state index in [9.17, 15) is 4.79 Å². The number of anilines is 3. The number of hydrogen-bond acceptors (Lipinski definition) is 4. The third-order valence-electron chi connectivity index (χ3n) is 3.72. The van der Waals surface area contributed by atoms with E-state index in [4.69, 9.17) is 5.26 Å². The van der Waals surface area contributed by atoms with Crippen molar-refractivity contribution >= 4 is 23.1 Å². The van der Waals surface area contributed by atoms with Crippen LogP contribution < -0.4 is 10.6 Å². The largest absolute Gasteiger partial charge is 0.353 e.